The first-order chi connectivity index (χ1) is 7.00. The van der Waals surface area contributed by atoms with Gasteiger partial charge in [-0.3, -0.25) is 0 Å². The van der Waals surface area contributed by atoms with Crippen LogP contribution in [0.4, 0.5) is 4.39 Å². The molecule has 1 atom stereocenters. The summed E-state index contributed by atoms with van der Waals surface area (Å²) in [7, 11) is 0. The Morgan fingerprint density at radius 1 is 1.60 bits per heavy atom. The average Bonchev–Trinajstić information content (AvgIpc) is 2.23. The number of benzene rings is 1. The van der Waals surface area contributed by atoms with Crippen molar-refractivity contribution in [2.75, 3.05) is 5.88 Å². The quantitative estimate of drug-likeness (QED) is 0.563. The fourth-order valence-corrected chi connectivity index (χ4v) is 1.92. The Morgan fingerprint density at radius 2 is 2.27 bits per heavy atom. The molecular weight excluding hydrogens is 278 g/mol. The van der Waals surface area contributed by atoms with E-state index in [2.05, 4.69) is 22.5 Å². The highest BCUT2D eigenvalue weighted by atomic mass is 79.9. The zero-order chi connectivity index (χ0) is 11.5. The van der Waals surface area contributed by atoms with E-state index in [0.29, 0.717) is 10.4 Å². The van der Waals surface area contributed by atoms with E-state index < -0.39 is 0 Å². The molecule has 1 rings (SSSR count). The molecule has 0 spiro atoms. The second-order valence-corrected chi connectivity index (χ2v) is 5.04. The van der Waals surface area contributed by atoms with Crippen LogP contribution >= 0.6 is 27.5 Å². The van der Waals surface area contributed by atoms with Crippen molar-refractivity contribution >= 4 is 27.5 Å². The summed E-state index contributed by atoms with van der Waals surface area (Å²) < 4.78 is 13.5. The third-order valence-corrected chi connectivity index (χ3v) is 3.61. The van der Waals surface area contributed by atoms with Crippen molar-refractivity contribution < 1.29 is 4.39 Å². The van der Waals surface area contributed by atoms with Crippen LogP contribution in [0.3, 0.4) is 0 Å². The minimum Gasteiger partial charge on any atom is -0.206 e. The average molecular weight is 292 g/mol. The first-order valence-electron chi connectivity index (χ1n) is 4.64. The van der Waals surface area contributed by atoms with Crippen molar-refractivity contribution in [3.05, 3.63) is 46.7 Å². The van der Waals surface area contributed by atoms with Gasteiger partial charge in [0, 0.05) is 11.3 Å². The van der Waals surface area contributed by atoms with Gasteiger partial charge >= 0.3 is 0 Å². The van der Waals surface area contributed by atoms with Gasteiger partial charge in [0.25, 0.3) is 0 Å². The van der Waals surface area contributed by atoms with Gasteiger partial charge in [0.2, 0.25) is 0 Å². The summed E-state index contributed by atoms with van der Waals surface area (Å²) in [6.07, 6.45) is 2.61. The van der Waals surface area contributed by atoms with E-state index in [-0.39, 0.29) is 11.2 Å². The molecule has 1 aromatic rings. The lowest BCUT2D eigenvalue weighted by molar-refractivity contribution is 0.485. The van der Waals surface area contributed by atoms with E-state index in [1.54, 1.807) is 12.1 Å². The topological polar surface area (TPSA) is 0 Å². The third-order valence-electron chi connectivity index (χ3n) is 2.39. The van der Waals surface area contributed by atoms with Crippen molar-refractivity contribution in [1.29, 1.82) is 0 Å². The molecule has 0 aromatic heterocycles. The molecule has 0 aliphatic rings. The Labute approximate surface area is 103 Å². The van der Waals surface area contributed by atoms with Crippen LogP contribution in [0.5, 0.6) is 0 Å². The van der Waals surface area contributed by atoms with E-state index >= 15 is 0 Å². The highest BCUT2D eigenvalue weighted by molar-refractivity contribution is 9.10. The molecular formula is C12H13BrClF. The first kappa shape index (κ1) is 12.7. The molecule has 0 saturated carbocycles. The SMILES string of the molecule is C=CC(C)(CCl)Cc1ccc(F)c(Br)c1. The smallest absolute Gasteiger partial charge is 0.137 e. The third kappa shape index (κ3) is 3.32. The highest BCUT2D eigenvalue weighted by Crippen LogP contribution is 2.27. The molecule has 0 fully saturated rings. The predicted octanol–water partition coefficient (Wildman–Crippen LogP) is 4.56. The normalized spacial score (nSPS) is 14.7. The zero-order valence-electron chi connectivity index (χ0n) is 8.56. The lowest BCUT2D eigenvalue weighted by Gasteiger charge is -2.22. The Kier molecular flexibility index (Phi) is 4.35. The van der Waals surface area contributed by atoms with Crippen LogP contribution in [0, 0.1) is 11.2 Å². The van der Waals surface area contributed by atoms with Gasteiger partial charge < -0.3 is 0 Å². The van der Waals surface area contributed by atoms with Gasteiger partial charge in [0.05, 0.1) is 4.47 Å². The molecule has 0 aliphatic carbocycles. The van der Waals surface area contributed by atoms with Gasteiger partial charge in [-0.25, -0.2) is 4.39 Å². The Morgan fingerprint density at radius 3 is 2.73 bits per heavy atom. The summed E-state index contributed by atoms with van der Waals surface area (Å²) >= 11 is 9.04. The van der Waals surface area contributed by atoms with Crippen molar-refractivity contribution in [2.24, 2.45) is 5.41 Å². The maximum absolute atomic E-state index is 13.0. The molecule has 0 saturated heterocycles. The minimum atomic E-state index is -0.245. The summed E-state index contributed by atoms with van der Waals surface area (Å²) in [6, 6.07) is 5.01. The Balaban J connectivity index is 2.89. The van der Waals surface area contributed by atoms with Gasteiger partial charge in [-0.05, 0) is 40.0 Å². The van der Waals surface area contributed by atoms with Crippen molar-refractivity contribution in [1.82, 2.24) is 0 Å². The Hall–Kier alpha value is -0.340. The van der Waals surface area contributed by atoms with E-state index in [0.717, 1.165) is 12.0 Å². The fourth-order valence-electron chi connectivity index (χ4n) is 1.29. The van der Waals surface area contributed by atoms with Crippen molar-refractivity contribution in [2.45, 2.75) is 13.3 Å². The Bertz CT molecular complexity index is 365. The summed E-state index contributed by atoms with van der Waals surface area (Å²) in [5, 5.41) is 0. The van der Waals surface area contributed by atoms with Crippen LogP contribution in [0.2, 0.25) is 0 Å². The number of rotatable bonds is 4. The van der Waals surface area contributed by atoms with E-state index in [1.807, 2.05) is 13.0 Å². The summed E-state index contributed by atoms with van der Waals surface area (Å²) in [6.45, 7) is 5.80. The number of hydrogen-bond acceptors (Lipinski definition) is 0. The monoisotopic (exact) mass is 290 g/mol. The minimum absolute atomic E-state index is 0.140. The molecule has 0 bridgehead atoms. The molecule has 0 radical (unpaired) electrons. The molecule has 0 N–H and O–H groups in total. The summed E-state index contributed by atoms with van der Waals surface area (Å²) in [5.41, 5.74) is 0.907. The summed E-state index contributed by atoms with van der Waals surface area (Å²) in [4.78, 5) is 0. The lowest BCUT2D eigenvalue weighted by atomic mass is 9.86. The van der Waals surface area contributed by atoms with Crippen molar-refractivity contribution in [3.63, 3.8) is 0 Å². The van der Waals surface area contributed by atoms with Crippen LogP contribution in [-0.2, 0) is 6.42 Å². The van der Waals surface area contributed by atoms with Gasteiger partial charge in [0.15, 0.2) is 0 Å². The van der Waals surface area contributed by atoms with Crippen LogP contribution in [0.25, 0.3) is 0 Å². The van der Waals surface area contributed by atoms with E-state index in [9.17, 15) is 4.39 Å². The number of hydrogen-bond donors (Lipinski definition) is 0. The maximum Gasteiger partial charge on any atom is 0.137 e. The van der Waals surface area contributed by atoms with Crippen LogP contribution in [0.1, 0.15) is 12.5 Å². The highest BCUT2D eigenvalue weighted by Gasteiger charge is 2.19. The molecule has 0 aliphatic heterocycles. The van der Waals surface area contributed by atoms with E-state index in [4.69, 9.17) is 11.6 Å². The number of allylic oxidation sites excluding steroid dienone is 1. The fraction of sp³-hybridized carbons (Fsp3) is 0.333. The molecule has 0 heterocycles. The molecule has 15 heavy (non-hydrogen) atoms. The molecule has 82 valence electrons. The predicted molar refractivity (Wildman–Crippen MR) is 66.8 cm³/mol. The van der Waals surface area contributed by atoms with Crippen LogP contribution < -0.4 is 0 Å². The maximum atomic E-state index is 13.0. The van der Waals surface area contributed by atoms with Gasteiger partial charge in [-0.1, -0.05) is 19.1 Å². The lowest BCUT2D eigenvalue weighted by Crippen LogP contribution is -2.18. The van der Waals surface area contributed by atoms with Crippen molar-refractivity contribution in [3.8, 4) is 0 Å². The summed E-state index contributed by atoms with van der Waals surface area (Å²) in [5.74, 6) is 0.260. The first-order valence-corrected chi connectivity index (χ1v) is 5.97. The van der Waals surface area contributed by atoms with Crippen LogP contribution in [-0.4, -0.2) is 5.88 Å². The number of alkyl halides is 1. The molecule has 0 nitrogen and oxygen atoms in total. The van der Waals surface area contributed by atoms with Gasteiger partial charge in [-0.2, -0.15) is 0 Å². The molecule has 1 unspecified atom stereocenters. The number of halogens is 3. The van der Waals surface area contributed by atoms with E-state index in [1.165, 1.54) is 6.07 Å². The molecule has 3 heteroatoms. The van der Waals surface area contributed by atoms with Crippen LogP contribution in [0.15, 0.2) is 35.3 Å². The zero-order valence-corrected chi connectivity index (χ0v) is 10.9. The largest absolute Gasteiger partial charge is 0.206 e. The standard InChI is InChI=1S/C12H13BrClF/c1-3-12(2,8-14)7-9-4-5-11(15)10(13)6-9/h3-6H,1,7-8H2,2H3. The second-order valence-electron chi connectivity index (χ2n) is 3.92. The van der Waals surface area contributed by atoms with Gasteiger partial charge in [0.1, 0.15) is 5.82 Å². The van der Waals surface area contributed by atoms with Gasteiger partial charge in [-0.15, -0.1) is 18.2 Å². The molecule has 0 amide bonds. The second kappa shape index (κ2) is 5.13. The molecule has 1 aromatic carbocycles.